The summed E-state index contributed by atoms with van der Waals surface area (Å²) in [5.41, 5.74) is 5.48. The van der Waals surface area contributed by atoms with Crippen LogP contribution in [0.1, 0.15) is 27.2 Å². The topological polar surface area (TPSA) is 64.8 Å². The van der Waals surface area contributed by atoms with Crippen LogP contribution in [0, 0.1) is 0 Å². The first-order valence-electron chi connectivity index (χ1n) is 5.75. The van der Waals surface area contributed by atoms with E-state index in [1.54, 1.807) is 4.90 Å². The number of likely N-dealkylation sites (tertiary alicyclic amines) is 1. The lowest BCUT2D eigenvalue weighted by Crippen LogP contribution is -2.41. The van der Waals surface area contributed by atoms with E-state index in [4.69, 9.17) is 15.2 Å². The molecule has 1 amide bonds. The minimum atomic E-state index is -0.460. The molecular weight excluding hydrogens is 208 g/mol. The summed E-state index contributed by atoms with van der Waals surface area (Å²) in [6.07, 6.45) is 0.575. The number of hydrogen-bond acceptors (Lipinski definition) is 4. The number of nitrogens with two attached hydrogens (primary N) is 1. The second-order valence-corrected chi connectivity index (χ2v) is 5.49. The average Bonchev–Trinajstić information content (AvgIpc) is 2.66. The highest BCUT2D eigenvalue weighted by Crippen LogP contribution is 2.29. The van der Waals surface area contributed by atoms with Crippen molar-refractivity contribution in [1.82, 2.24) is 4.90 Å². The molecule has 3 atom stereocenters. The highest BCUT2D eigenvalue weighted by Gasteiger charge is 2.47. The van der Waals surface area contributed by atoms with E-state index in [0.29, 0.717) is 13.2 Å². The van der Waals surface area contributed by atoms with Gasteiger partial charge in [0.1, 0.15) is 5.60 Å². The lowest BCUT2D eigenvalue weighted by atomic mass is 10.1. The van der Waals surface area contributed by atoms with E-state index in [1.165, 1.54) is 0 Å². The van der Waals surface area contributed by atoms with Crippen molar-refractivity contribution >= 4 is 6.09 Å². The third kappa shape index (κ3) is 2.15. The van der Waals surface area contributed by atoms with Gasteiger partial charge in [-0.05, 0) is 27.2 Å². The molecule has 2 aliphatic rings. The van der Waals surface area contributed by atoms with Crippen molar-refractivity contribution in [2.75, 3.05) is 13.2 Å². The van der Waals surface area contributed by atoms with Crippen molar-refractivity contribution in [3.8, 4) is 0 Å². The average molecular weight is 228 g/mol. The van der Waals surface area contributed by atoms with Crippen LogP contribution in [0.25, 0.3) is 0 Å². The molecule has 2 heterocycles. The lowest BCUT2D eigenvalue weighted by Gasteiger charge is -2.27. The molecule has 5 nitrogen and oxygen atoms in total. The first kappa shape index (κ1) is 11.7. The number of carbonyl (C=O) groups excluding carboxylic acids is 1. The van der Waals surface area contributed by atoms with E-state index in [-0.39, 0.29) is 24.3 Å². The first-order chi connectivity index (χ1) is 7.38. The molecule has 0 aliphatic carbocycles. The number of nitrogens with zero attached hydrogens (tertiary/aromatic N) is 1. The van der Waals surface area contributed by atoms with Crippen molar-refractivity contribution in [1.29, 1.82) is 0 Å². The Kier molecular flexibility index (Phi) is 2.84. The molecule has 0 spiro atoms. The van der Waals surface area contributed by atoms with Gasteiger partial charge in [-0.2, -0.15) is 0 Å². The minimum absolute atomic E-state index is 0.00693. The Morgan fingerprint density at radius 2 is 2.19 bits per heavy atom. The Balaban J connectivity index is 2.02. The zero-order chi connectivity index (χ0) is 11.9. The molecule has 0 unspecified atom stereocenters. The molecule has 92 valence electrons. The first-order valence-corrected chi connectivity index (χ1v) is 5.75. The van der Waals surface area contributed by atoms with Crippen LogP contribution in [0.3, 0.4) is 0 Å². The van der Waals surface area contributed by atoms with Crippen molar-refractivity contribution < 1.29 is 14.3 Å². The molecule has 2 rings (SSSR count). The molecule has 2 N–H and O–H groups in total. The normalized spacial score (nSPS) is 34.0. The molecule has 5 heteroatoms. The highest BCUT2D eigenvalue weighted by atomic mass is 16.6. The Hall–Kier alpha value is -0.810. The third-order valence-electron chi connectivity index (χ3n) is 2.96. The maximum atomic E-state index is 11.9. The summed E-state index contributed by atoms with van der Waals surface area (Å²) in [4.78, 5) is 13.7. The van der Waals surface area contributed by atoms with Crippen LogP contribution < -0.4 is 5.73 Å². The van der Waals surface area contributed by atoms with E-state index in [1.807, 2.05) is 20.8 Å². The maximum Gasteiger partial charge on any atom is 0.410 e. The van der Waals surface area contributed by atoms with Gasteiger partial charge in [-0.15, -0.1) is 0 Å². The van der Waals surface area contributed by atoms with E-state index < -0.39 is 5.60 Å². The van der Waals surface area contributed by atoms with Crippen molar-refractivity contribution in [2.45, 2.75) is 51.0 Å². The van der Waals surface area contributed by atoms with Gasteiger partial charge in [-0.25, -0.2) is 4.79 Å². The molecule has 0 saturated carbocycles. The Morgan fingerprint density at radius 3 is 2.81 bits per heavy atom. The highest BCUT2D eigenvalue weighted by molar-refractivity contribution is 5.69. The predicted octanol–water partition coefficient (Wildman–Crippen LogP) is 0.722. The summed E-state index contributed by atoms with van der Waals surface area (Å²) in [5, 5.41) is 0. The van der Waals surface area contributed by atoms with Gasteiger partial charge in [-0.1, -0.05) is 0 Å². The molecule has 16 heavy (non-hydrogen) atoms. The van der Waals surface area contributed by atoms with Crippen LogP contribution in [0.2, 0.25) is 0 Å². The number of fused-ring (bicyclic) bond motifs is 1. The van der Waals surface area contributed by atoms with Crippen LogP contribution >= 0.6 is 0 Å². The molecule has 2 saturated heterocycles. The number of ether oxygens (including phenoxy) is 2. The van der Waals surface area contributed by atoms with E-state index in [2.05, 4.69) is 0 Å². The van der Waals surface area contributed by atoms with Gasteiger partial charge in [0.2, 0.25) is 0 Å². The summed E-state index contributed by atoms with van der Waals surface area (Å²) >= 11 is 0. The quantitative estimate of drug-likeness (QED) is 0.663. The van der Waals surface area contributed by atoms with E-state index >= 15 is 0 Å². The lowest BCUT2D eigenvalue weighted by molar-refractivity contribution is 0.0208. The van der Waals surface area contributed by atoms with Gasteiger partial charge < -0.3 is 20.1 Å². The van der Waals surface area contributed by atoms with Gasteiger partial charge in [0.05, 0.1) is 18.2 Å². The van der Waals surface area contributed by atoms with Gasteiger partial charge >= 0.3 is 6.09 Å². The second kappa shape index (κ2) is 3.89. The molecule has 0 aromatic carbocycles. The fraction of sp³-hybridized carbons (Fsp3) is 0.909. The SMILES string of the molecule is CC(C)(C)OC(=O)N1C[C@H](N)[C@H]2OCC[C@H]21. The third-order valence-corrected chi connectivity index (χ3v) is 2.96. The van der Waals surface area contributed by atoms with Crippen molar-refractivity contribution in [3.63, 3.8) is 0 Å². The number of rotatable bonds is 0. The molecule has 0 radical (unpaired) electrons. The van der Waals surface area contributed by atoms with Gasteiger partial charge in [0.25, 0.3) is 0 Å². The van der Waals surface area contributed by atoms with Crippen LogP contribution in [0.5, 0.6) is 0 Å². The van der Waals surface area contributed by atoms with Gasteiger partial charge in [0.15, 0.2) is 0 Å². The van der Waals surface area contributed by atoms with Crippen molar-refractivity contribution in [3.05, 3.63) is 0 Å². The fourth-order valence-electron chi connectivity index (χ4n) is 2.34. The van der Waals surface area contributed by atoms with Crippen LogP contribution in [0.15, 0.2) is 0 Å². The standard InChI is InChI=1S/C11H20N2O3/c1-11(2,3)16-10(14)13-6-7(12)9-8(13)4-5-15-9/h7-9H,4-6,12H2,1-3H3/t7-,8+,9+/m0/s1. The van der Waals surface area contributed by atoms with E-state index in [0.717, 1.165) is 6.42 Å². The summed E-state index contributed by atoms with van der Waals surface area (Å²) in [6.45, 7) is 6.81. The van der Waals surface area contributed by atoms with Crippen LogP contribution in [-0.4, -0.2) is 47.9 Å². The van der Waals surface area contributed by atoms with Crippen LogP contribution in [0.4, 0.5) is 4.79 Å². The van der Waals surface area contributed by atoms with Crippen LogP contribution in [-0.2, 0) is 9.47 Å². The molecular formula is C11H20N2O3. The molecule has 2 fully saturated rings. The zero-order valence-corrected chi connectivity index (χ0v) is 10.1. The number of amides is 1. The summed E-state index contributed by atoms with van der Waals surface area (Å²) in [7, 11) is 0. The largest absolute Gasteiger partial charge is 0.444 e. The summed E-state index contributed by atoms with van der Waals surface area (Å²) in [6, 6.07) is 0.0184. The Labute approximate surface area is 95.9 Å². The van der Waals surface area contributed by atoms with Gasteiger partial charge in [0, 0.05) is 13.2 Å². The number of carbonyl (C=O) groups is 1. The number of hydrogen-bond donors (Lipinski definition) is 1. The predicted molar refractivity (Wildman–Crippen MR) is 59.1 cm³/mol. The van der Waals surface area contributed by atoms with Crippen molar-refractivity contribution in [2.24, 2.45) is 5.73 Å². The molecule has 2 aliphatic heterocycles. The monoisotopic (exact) mass is 228 g/mol. The smallest absolute Gasteiger partial charge is 0.410 e. The van der Waals surface area contributed by atoms with E-state index in [9.17, 15) is 4.79 Å². The minimum Gasteiger partial charge on any atom is -0.444 e. The fourth-order valence-corrected chi connectivity index (χ4v) is 2.34. The zero-order valence-electron chi connectivity index (χ0n) is 10.1. The Bertz CT molecular complexity index is 287. The molecule has 0 aromatic heterocycles. The maximum absolute atomic E-state index is 11.9. The summed E-state index contributed by atoms with van der Waals surface area (Å²) in [5.74, 6) is 0. The Morgan fingerprint density at radius 1 is 1.50 bits per heavy atom. The molecule has 0 aromatic rings. The van der Waals surface area contributed by atoms with Gasteiger partial charge in [-0.3, -0.25) is 0 Å². The molecule has 0 bridgehead atoms. The second-order valence-electron chi connectivity index (χ2n) is 5.49. The summed E-state index contributed by atoms with van der Waals surface area (Å²) < 4.78 is 10.9.